The number of benzene rings is 1. The fourth-order valence-electron chi connectivity index (χ4n) is 2.24. The Labute approximate surface area is 119 Å². The highest BCUT2D eigenvalue weighted by atomic mass is 16.5. The maximum absolute atomic E-state index is 12.3. The third-order valence-corrected chi connectivity index (χ3v) is 3.51. The molecule has 0 spiro atoms. The van der Waals surface area contributed by atoms with Crippen LogP contribution in [0.15, 0.2) is 18.2 Å². The molecule has 0 heterocycles. The summed E-state index contributed by atoms with van der Waals surface area (Å²) in [6.45, 7) is 2.26. The van der Waals surface area contributed by atoms with Crippen molar-refractivity contribution in [3.05, 3.63) is 34.9 Å². The van der Waals surface area contributed by atoms with Gasteiger partial charge in [-0.1, -0.05) is 17.9 Å². The molecule has 1 saturated carbocycles. The van der Waals surface area contributed by atoms with Gasteiger partial charge in [-0.15, -0.1) is 0 Å². The summed E-state index contributed by atoms with van der Waals surface area (Å²) in [6, 6.07) is 5.85. The van der Waals surface area contributed by atoms with Gasteiger partial charge in [-0.3, -0.25) is 4.79 Å². The first-order valence-electron chi connectivity index (χ1n) is 6.77. The van der Waals surface area contributed by atoms with Crippen LogP contribution < -0.4 is 11.1 Å². The van der Waals surface area contributed by atoms with Gasteiger partial charge in [-0.05, 0) is 37.5 Å². The Morgan fingerprint density at radius 3 is 2.90 bits per heavy atom. The molecule has 0 aliphatic heterocycles. The van der Waals surface area contributed by atoms with E-state index in [2.05, 4.69) is 17.2 Å². The van der Waals surface area contributed by atoms with Crippen molar-refractivity contribution in [1.82, 2.24) is 5.32 Å². The van der Waals surface area contributed by atoms with Gasteiger partial charge in [-0.2, -0.15) is 0 Å². The molecule has 2 rings (SSSR count). The Kier molecular flexibility index (Phi) is 4.78. The zero-order valence-corrected chi connectivity index (χ0v) is 11.9. The molecule has 1 aromatic rings. The molecule has 0 bridgehead atoms. The predicted molar refractivity (Wildman–Crippen MR) is 78.4 cm³/mol. The molecule has 1 fully saturated rings. The number of hydrogen-bond acceptors (Lipinski definition) is 3. The Morgan fingerprint density at radius 1 is 1.50 bits per heavy atom. The predicted octanol–water partition coefficient (Wildman–Crippen LogP) is 1.21. The number of hydrogen-bond donors (Lipinski definition) is 2. The monoisotopic (exact) mass is 272 g/mol. The first-order chi connectivity index (χ1) is 9.63. The zero-order chi connectivity index (χ0) is 14.5. The Hall–Kier alpha value is -1.83. The van der Waals surface area contributed by atoms with Gasteiger partial charge in [0.15, 0.2) is 0 Å². The molecular formula is C16H20N2O2. The van der Waals surface area contributed by atoms with Crippen molar-refractivity contribution >= 4 is 5.91 Å². The third kappa shape index (κ3) is 3.38. The van der Waals surface area contributed by atoms with Crippen LogP contribution in [0.4, 0.5) is 0 Å². The fourth-order valence-corrected chi connectivity index (χ4v) is 2.24. The molecule has 0 saturated heterocycles. The molecule has 0 atom stereocenters. The average Bonchev–Trinajstić information content (AvgIpc) is 2.39. The lowest BCUT2D eigenvalue weighted by molar-refractivity contribution is 0.0176. The van der Waals surface area contributed by atoms with Crippen molar-refractivity contribution in [1.29, 1.82) is 0 Å². The molecule has 4 nitrogen and oxygen atoms in total. The van der Waals surface area contributed by atoms with E-state index >= 15 is 0 Å². The summed E-state index contributed by atoms with van der Waals surface area (Å²) in [4.78, 5) is 12.3. The summed E-state index contributed by atoms with van der Waals surface area (Å²) < 4.78 is 5.21. The molecule has 1 amide bonds. The van der Waals surface area contributed by atoms with E-state index in [1.54, 1.807) is 7.11 Å². The van der Waals surface area contributed by atoms with Crippen LogP contribution in [-0.2, 0) is 4.74 Å². The van der Waals surface area contributed by atoms with Gasteiger partial charge in [0.05, 0.1) is 18.2 Å². The topological polar surface area (TPSA) is 64.3 Å². The maximum atomic E-state index is 12.3. The molecule has 3 N–H and O–H groups in total. The minimum Gasteiger partial charge on any atom is -0.381 e. The smallest absolute Gasteiger partial charge is 0.252 e. The van der Waals surface area contributed by atoms with Gasteiger partial charge in [0.2, 0.25) is 0 Å². The molecule has 4 heteroatoms. The van der Waals surface area contributed by atoms with Gasteiger partial charge in [-0.25, -0.2) is 0 Å². The normalized spacial score (nSPS) is 20.6. The zero-order valence-electron chi connectivity index (χ0n) is 11.9. The number of methoxy groups -OCH3 is 1. The quantitative estimate of drug-likeness (QED) is 0.813. The van der Waals surface area contributed by atoms with Crippen molar-refractivity contribution in [2.45, 2.75) is 31.9 Å². The molecule has 0 radical (unpaired) electrons. The second-order valence-electron chi connectivity index (χ2n) is 5.05. The fraction of sp³-hybridized carbons (Fsp3) is 0.438. The maximum Gasteiger partial charge on any atom is 0.252 e. The lowest BCUT2D eigenvalue weighted by Crippen LogP contribution is -2.47. The highest BCUT2D eigenvalue weighted by Crippen LogP contribution is 2.23. The standard InChI is InChI=1S/C16H20N2O2/c1-11-5-6-15(12(8-11)4-3-7-17)16(19)18-13-9-14(10-13)20-2/h5-6,8,13-14H,7,9-10,17H2,1-2H3,(H,18,19). The summed E-state index contributed by atoms with van der Waals surface area (Å²) in [6.07, 6.45) is 2.02. The van der Waals surface area contributed by atoms with E-state index in [9.17, 15) is 4.79 Å². The Morgan fingerprint density at radius 2 is 2.25 bits per heavy atom. The minimum atomic E-state index is -0.0779. The van der Waals surface area contributed by atoms with Crippen LogP contribution in [0, 0.1) is 18.8 Å². The molecule has 20 heavy (non-hydrogen) atoms. The van der Waals surface area contributed by atoms with Crippen LogP contribution in [0.5, 0.6) is 0 Å². The highest BCUT2D eigenvalue weighted by Gasteiger charge is 2.30. The van der Waals surface area contributed by atoms with E-state index in [1.807, 2.05) is 25.1 Å². The third-order valence-electron chi connectivity index (χ3n) is 3.51. The molecule has 0 unspecified atom stereocenters. The Bertz CT molecular complexity index is 551. The van der Waals surface area contributed by atoms with E-state index < -0.39 is 0 Å². The van der Waals surface area contributed by atoms with Gasteiger partial charge in [0.25, 0.3) is 5.91 Å². The van der Waals surface area contributed by atoms with Crippen LogP contribution in [0.1, 0.15) is 34.3 Å². The molecule has 1 aliphatic rings. The summed E-state index contributed by atoms with van der Waals surface area (Å²) >= 11 is 0. The van der Waals surface area contributed by atoms with E-state index in [0.29, 0.717) is 5.56 Å². The molecule has 106 valence electrons. The number of rotatable bonds is 3. The van der Waals surface area contributed by atoms with Crippen molar-refractivity contribution in [2.75, 3.05) is 13.7 Å². The second kappa shape index (κ2) is 6.56. The van der Waals surface area contributed by atoms with Crippen LogP contribution >= 0.6 is 0 Å². The van der Waals surface area contributed by atoms with E-state index in [4.69, 9.17) is 10.5 Å². The Balaban J connectivity index is 2.09. The van der Waals surface area contributed by atoms with Gasteiger partial charge in [0.1, 0.15) is 0 Å². The van der Waals surface area contributed by atoms with Crippen molar-refractivity contribution in [3.8, 4) is 11.8 Å². The van der Waals surface area contributed by atoms with E-state index in [1.165, 1.54) is 0 Å². The van der Waals surface area contributed by atoms with Crippen LogP contribution in [0.3, 0.4) is 0 Å². The largest absolute Gasteiger partial charge is 0.381 e. The number of aryl methyl sites for hydroxylation is 1. The minimum absolute atomic E-state index is 0.0779. The van der Waals surface area contributed by atoms with Crippen LogP contribution in [0.25, 0.3) is 0 Å². The number of nitrogens with two attached hydrogens (primary N) is 1. The summed E-state index contributed by atoms with van der Waals surface area (Å²) in [5.74, 6) is 5.69. The first kappa shape index (κ1) is 14.6. The van der Waals surface area contributed by atoms with Crippen molar-refractivity contribution < 1.29 is 9.53 Å². The van der Waals surface area contributed by atoms with Crippen molar-refractivity contribution in [2.24, 2.45) is 5.73 Å². The summed E-state index contributed by atoms with van der Waals surface area (Å²) in [7, 11) is 1.70. The average molecular weight is 272 g/mol. The highest BCUT2D eigenvalue weighted by molar-refractivity contribution is 5.97. The van der Waals surface area contributed by atoms with E-state index in [-0.39, 0.29) is 24.6 Å². The van der Waals surface area contributed by atoms with Gasteiger partial charge < -0.3 is 15.8 Å². The summed E-state index contributed by atoms with van der Waals surface area (Å²) in [5, 5.41) is 3.02. The van der Waals surface area contributed by atoms with E-state index in [0.717, 1.165) is 24.0 Å². The molecule has 0 aromatic heterocycles. The van der Waals surface area contributed by atoms with Gasteiger partial charge >= 0.3 is 0 Å². The number of carbonyl (C=O) groups excluding carboxylic acids is 1. The second-order valence-corrected chi connectivity index (χ2v) is 5.05. The van der Waals surface area contributed by atoms with Crippen LogP contribution in [0.2, 0.25) is 0 Å². The first-order valence-corrected chi connectivity index (χ1v) is 6.77. The number of amides is 1. The molecular weight excluding hydrogens is 252 g/mol. The number of ether oxygens (including phenoxy) is 1. The SMILES string of the molecule is COC1CC(NC(=O)c2ccc(C)cc2C#CCN)C1. The van der Waals surface area contributed by atoms with Gasteiger partial charge in [0, 0.05) is 18.7 Å². The lowest BCUT2D eigenvalue weighted by Gasteiger charge is -2.34. The molecule has 1 aromatic carbocycles. The number of nitrogens with one attached hydrogen (secondary N) is 1. The summed E-state index contributed by atoms with van der Waals surface area (Å²) in [5.41, 5.74) is 7.81. The van der Waals surface area contributed by atoms with Crippen molar-refractivity contribution in [3.63, 3.8) is 0 Å². The molecule has 1 aliphatic carbocycles. The van der Waals surface area contributed by atoms with Crippen LogP contribution in [-0.4, -0.2) is 31.7 Å². The lowest BCUT2D eigenvalue weighted by atomic mass is 9.89. The number of carbonyl (C=O) groups is 1.